The van der Waals surface area contributed by atoms with Crippen molar-refractivity contribution in [2.45, 2.75) is 88.1 Å². The molecule has 4 aliphatic heterocycles. The van der Waals surface area contributed by atoms with E-state index in [1.54, 1.807) is 11.0 Å². The van der Waals surface area contributed by atoms with E-state index in [9.17, 15) is 33.4 Å². The van der Waals surface area contributed by atoms with Gasteiger partial charge in [0.2, 0.25) is 11.8 Å². The lowest BCUT2D eigenvalue weighted by Crippen LogP contribution is -2.52. The summed E-state index contributed by atoms with van der Waals surface area (Å²) in [6, 6.07) is 25.1. The van der Waals surface area contributed by atoms with Crippen molar-refractivity contribution >= 4 is 68.9 Å². The first kappa shape index (κ1) is 52.3. The number of halogens is 4. The number of nitrogens with zero attached hydrogens (tertiary/aromatic N) is 4. The molecule has 2 atom stereocenters. The lowest BCUT2D eigenvalue weighted by atomic mass is 9.84. The highest BCUT2D eigenvalue weighted by molar-refractivity contribution is 6.42. The quantitative estimate of drug-likeness (QED) is 0.0846. The Hall–Kier alpha value is -5.57. The molecular weight excluding hydrogens is 970 g/mol. The van der Waals surface area contributed by atoms with E-state index in [1.165, 1.54) is 51.7 Å². The molecule has 0 bridgehead atoms. The van der Waals surface area contributed by atoms with Crippen LogP contribution < -0.4 is 0 Å². The molecule has 4 N–H and O–H groups in total. The van der Waals surface area contributed by atoms with Gasteiger partial charge in [-0.15, -0.1) is 0 Å². The number of fused-ring (bicyclic) bond motifs is 2. The van der Waals surface area contributed by atoms with E-state index >= 15 is 0 Å². The number of aliphatic hydroxyl groups is 1. The largest absolute Gasteiger partial charge is 0.480 e. The van der Waals surface area contributed by atoms with Crippen LogP contribution in [-0.4, -0.2) is 129 Å². The number of aromatic amines is 2. The minimum atomic E-state index is -0.741. The third-order valence-corrected chi connectivity index (χ3v) is 16.9. The summed E-state index contributed by atoms with van der Waals surface area (Å²) >= 11 is 12.1. The third-order valence-electron chi connectivity index (χ3n) is 16.1. The number of amides is 2. The molecule has 4 aromatic carbocycles. The Balaban J connectivity index is 0.000000180. The summed E-state index contributed by atoms with van der Waals surface area (Å²) in [5.74, 6) is -0.756. The van der Waals surface area contributed by atoms with Gasteiger partial charge in [0.25, 0.3) is 0 Å². The summed E-state index contributed by atoms with van der Waals surface area (Å²) in [5.41, 5.74) is 6.39. The number of rotatable bonds is 13. The van der Waals surface area contributed by atoms with E-state index in [0.717, 1.165) is 94.7 Å². The molecule has 73 heavy (non-hydrogen) atoms. The minimum absolute atomic E-state index is 0.0567. The molecule has 2 amide bonds. The summed E-state index contributed by atoms with van der Waals surface area (Å²) in [6.07, 6.45) is 15.3. The number of aryl methyl sites for hydroxylation is 1. The van der Waals surface area contributed by atoms with Crippen molar-refractivity contribution in [2.75, 3.05) is 59.0 Å². The maximum Gasteiger partial charge on any atom is 0.321 e. The Morgan fingerprint density at radius 3 is 1.73 bits per heavy atom. The summed E-state index contributed by atoms with van der Waals surface area (Å²) in [5, 5.41) is 24.0. The number of carbonyl (C=O) groups excluding carboxylic acids is 2. The number of aliphatic carboxylic acids is 1. The minimum Gasteiger partial charge on any atom is -0.480 e. The molecule has 10 rings (SSSR count). The maximum atomic E-state index is 13.4. The first-order valence-electron chi connectivity index (χ1n) is 26.0. The standard InChI is InChI=1S/C29H33Cl2N3O3.C29H33F2N3O2/c30-24-7-5-19(17-25(24)31)6-8-27(35)33-13-11-21(12-14-33)28(29(36)37)34-15-9-20(10-16-34)23-18-32-26-4-2-1-3-22(23)26;30-23-15-20(16-24(31)17-23)5-6-29(36)34-13-9-22(10-14-34)28(19-35)33-11-7-21(8-12-33)26-18-32-27-4-2-1-3-25(26)27/h1-5,7,17-18,20-21,28,32H,6,8-16H2,(H,36,37);1-6,15-18,21-22,28,32,35H,7-14,19H2/b;6-5+. The molecule has 0 aliphatic carbocycles. The van der Waals surface area contributed by atoms with Crippen molar-refractivity contribution in [3.63, 3.8) is 0 Å². The van der Waals surface area contributed by atoms with Crippen LogP contribution in [-0.2, 0) is 20.8 Å². The van der Waals surface area contributed by atoms with Gasteiger partial charge in [0.15, 0.2) is 0 Å². The van der Waals surface area contributed by atoms with Gasteiger partial charge in [0.1, 0.15) is 17.7 Å². The summed E-state index contributed by atoms with van der Waals surface area (Å²) in [6.45, 7) is 6.07. The van der Waals surface area contributed by atoms with E-state index in [2.05, 4.69) is 74.6 Å². The highest BCUT2D eigenvalue weighted by atomic mass is 35.5. The number of hydrogen-bond donors (Lipinski definition) is 4. The van der Waals surface area contributed by atoms with Gasteiger partial charge in [0.05, 0.1) is 16.7 Å². The Bertz CT molecular complexity index is 2860. The number of carbonyl (C=O) groups is 3. The van der Waals surface area contributed by atoms with Crippen LogP contribution in [0.2, 0.25) is 10.0 Å². The van der Waals surface area contributed by atoms with Gasteiger partial charge in [0, 0.05) is 85.0 Å². The van der Waals surface area contributed by atoms with E-state index in [1.807, 2.05) is 23.1 Å². The smallest absolute Gasteiger partial charge is 0.321 e. The van der Waals surface area contributed by atoms with Crippen LogP contribution in [0, 0.1) is 23.5 Å². The SMILES string of the molecule is O=C(/C=C/c1cc(F)cc(F)c1)N1CCC(C(CO)N2CCC(c3c[nH]c4ccccc34)CC2)CC1.O=C(O)C(C1CCN(C(=O)CCc2ccc(Cl)c(Cl)c2)CC1)N1CCC(c2c[nH]c3ccccc23)CC1. The normalized spacial score (nSPS) is 19.1. The van der Waals surface area contributed by atoms with Gasteiger partial charge in [-0.05, 0) is 172 Å². The molecule has 386 valence electrons. The van der Waals surface area contributed by atoms with Crippen LogP contribution in [0.1, 0.15) is 91.9 Å². The van der Waals surface area contributed by atoms with Crippen LogP contribution in [0.15, 0.2) is 103 Å². The molecule has 2 aromatic heterocycles. The van der Waals surface area contributed by atoms with Crippen LogP contribution in [0.25, 0.3) is 27.9 Å². The molecule has 6 aromatic rings. The van der Waals surface area contributed by atoms with Gasteiger partial charge >= 0.3 is 5.97 Å². The summed E-state index contributed by atoms with van der Waals surface area (Å²) in [4.78, 5) is 52.8. The zero-order valence-corrected chi connectivity index (χ0v) is 42.7. The van der Waals surface area contributed by atoms with Crippen LogP contribution in [0.4, 0.5) is 8.78 Å². The predicted molar refractivity (Wildman–Crippen MR) is 285 cm³/mol. The molecule has 6 heterocycles. The number of aliphatic hydroxyl groups excluding tert-OH is 1. The average Bonchev–Trinajstić information content (AvgIpc) is 4.04. The zero-order chi connectivity index (χ0) is 51.0. The number of piperidine rings is 4. The summed E-state index contributed by atoms with van der Waals surface area (Å²) < 4.78 is 26.7. The van der Waals surface area contributed by atoms with Crippen LogP contribution >= 0.6 is 23.2 Å². The molecule has 4 saturated heterocycles. The lowest BCUT2D eigenvalue weighted by molar-refractivity contribution is -0.147. The van der Waals surface area contributed by atoms with Crippen LogP contribution in [0.3, 0.4) is 0 Å². The molecular formula is C58H66Cl2F2N6O5. The van der Waals surface area contributed by atoms with E-state index in [0.29, 0.717) is 72.4 Å². The van der Waals surface area contributed by atoms with Crippen molar-refractivity contribution in [3.8, 4) is 0 Å². The number of para-hydroxylation sites is 2. The Labute approximate surface area is 436 Å². The van der Waals surface area contributed by atoms with Crippen molar-refractivity contribution in [1.29, 1.82) is 0 Å². The van der Waals surface area contributed by atoms with E-state index < -0.39 is 23.6 Å². The Morgan fingerprint density at radius 1 is 0.644 bits per heavy atom. The van der Waals surface area contributed by atoms with Gasteiger partial charge in [-0.2, -0.15) is 0 Å². The fraction of sp³-hybridized carbons (Fsp3) is 0.431. The van der Waals surface area contributed by atoms with Crippen molar-refractivity contribution in [1.82, 2.24) is 29.6 Å². The predicted octanol–water partition coefficient (Wildman–Crippen LogP) is 10.9. The van der Waals surface area contributed by atoms with Crippen molar-refractivity contribution < 1.29 is 33.4 Å². The number of nitrogens with one attached hydrogen (secondary N) is 2. The second-order valence-electron chi connectivity index (χ2n) is 20.4. The van der Waals surface area contributed by atoms with Gasteiger partial charge in [-0.1, -0.05) is 65.7 Å². The number of H-pyrrole nitrogens is 2. The molecule has 0 spiro atoms. The molecule has 0 saturated carbocycles. The van der Waals surface area contributed by atoms with E-state index in [-0.39, 0.29) is 30.4 Å². The number of hydrogen-bond acceptors (Lipinski definition) is 6. The number of carboxylic acids is 1. The van der Waals surface area contributed by atoms with Gasteiger partial charge in [-0.25, -0.2) is 8.78 Å². The molecule has 4 fully saturated rings. The maximum absolute atomic E-state index is 13.4. The van der Waals surface area contributed by atoms with Gasteiger partial charge in [-0.3, -0.25) is 24.2 Å². The number of benzene rings is 4. The van der Waals surface area contributed by atoms with Crippen LogP contribution in [0.5, 0.6) is 0 Å². The number of carboxylic acid groups (broad SMARTS) is 1. The topological polar surface area (TPSA) is 136 Å². The monoisotopic (exact) mass is 1030 g/mol. The molecule has 0 radical (unpaired) electrons. The highest BCUT2D eigenvalue weighted by Gasteiger charge is 2.39. The molecule has 11 nitrogen and oxygen atoms in total. The molecule has 15 heteroatoms. The highest BCUT2D eigenvalue weighted by Crippen LogP contribution is 2.37. The van der Waals surface area contributed by atoms with E-state index in [4.69, 9.17) is 23.2 Å². The lowest BCUT2D eigenvalue weighted by Gasteiger charge is -2.43. The number of likely N-dealkylation sites (tertiary alicyclic amines) is 4. The fourth-order valence-electron chi connectivity index (χ4n) is 12.1. The Morgan fingerprint density at radius 2 is 1.18 bits per heavy atom. The second-order valence-corrected chi connectivity index (χ2v) is 21.2. The third kappa shape index (κ3) is 12.7. The first-order chi connectivity index (χ1) is 35.4. The Kier molecular flexibility index (Phi) is 17.3. The molecule has 4 aliphatic rings. The molecule has 2 unspecified atom stereocenters. The average molecular weight is 1040 g/mol. The van der Waals surface area contributed by atoms with Gasteiger partial charge < -0.3 is 30.0 Å². The second kappa shape index (κ2) is 24.2. The first-order valence-corrected chi connectivity index (χ1v) is 26.8. The number of aromatic nitrogens is 2. The fourth-order valence-corrected chi connectivity index (χ4v) is 12.5. The summed E-state index contributed by atoms with van der Waals surface area (Å²) in [7, 11) is 0. The van der Waals surface area contributed by atoms with Crippen molar-refractivity contribution in [3.05, 3.63) is 147 Å². The zero-order valence-electron chi connectivity index (χ0n) is 41.2. The van der Waals surface area contributed by atoms with Crippen molar-refractivity contribution in [2.24, 2.45) is 11.8 Å².